The average molecular weight is 323 g/mol. The van der Waals surface area contributed by atoms with Crippen LogP contribution in [0, 0.1) is 0 Å². The maximum Gasteiger partial charge on any atom is 0.220 e. The number of pyridine rings is 1. The van der Waals surface area contributed by atoms with Crippen LogP contribution in [0.4, 0.5) is 5.69 Å². The van der Waals surface area contributed by atoms with E-state index in [1.807, 2.05) is 12.1 Å². The van der Waals surface area contributed by atoms with E-state index in [-0.39, 0.29) is 5.91 Å². The summed E-state index contributed by atoms with van der Waals surface area (Å²) < 4.78 is 0. The van der Waals surface area contributed by atoms with Crippen LogP contribution in [-0.2, 0) is 17.6 Å². The summed E-state index contributed by atoms with van der Waals surface area (Å²) in [4.78, 5) is 18.4. The Hall–Kier alpha value is -2.36. The van der Waals surface area contributed by atoms with E-state index < -0.39 is 0 Å². The van der Waals surface area contributed by atoms with E-state index in [0.717, 1.165) is 38.0 Å². The van der Waals surface area contributed by atoms with E-state index in [9.17, 15) is 4.79 Å². The predicted octanol–water partition coefficient (Wildman–Crippen LogP) is 2.97. The summed E-state index contributed by atoms with van der Waals surface area (Å²) in [5.41, 5.74) is 3.97. The summed E-state index contributed by atoms with van der Waals surface area (Å²) in [7, 11) is 0. The number of para-hydroxylation sites is 1. The minimum Gasteiger partial charge on any atom is -0.371 e. The van der Waals surface area contributed by atoms with Gasteiger partial charge in [0.1, 0.15) is 0 Å². The zero-order valence-corrected chi connectivity index (χ0v) is 14.1. The number of hydrogen-bond acceptors (Lipinski definition) is 3. The number of benzene rings is 1. The van der Waals surface area contributed by atoms with Crippen LogP contribution in [0.5, 0.6) is 0 Å². The largest absolute Gasteiger partial charge is 0.371 e. The van der Waals surface area contributed by atoms with E-state index in [0.29, 0.717) is 6.42 Å². The molecular formula is C20H25N3O. The number of carbonyl (C=O) groups excluding carboxylic acids is 1. The molecule has 0 aliphatic carbocycles. The van der Waals surface area contributed by atoms with Gasteiger partial charge in [0.15, 0.2) is 0 Å². The van der Waals surface area contributed by atoms with Crippen molar-refractivity contribution in [1.82, 2.24) is 10.3 Å². The number of nitrogens with one attached hydrogen (secondary N) is 1. The summed E-state index contributed by atoms with van der Waals surface area (Å²) in [5, 5.41) is 3.04. The zero-order chi connectivity index (χ0) is 16.6. The smallest absolute Gasteiger partial charge is 0.220 e. The van der Waals surface area contributed by atoms with E-state index in [4.69, 9.17) is 0 Å². The summed E-state index contributed by atoms with van der Waals surface area (Å²) in [5.74, 6) is 0.130. The lowest BCUT2D eigenvalue weighted by Crippen LogP contribution is -2.33. The molecule has 1 aromatic carbocycles. The van der Waals surface area contributed by atoms with Gasteiger partial charge in [0.05, 0.1) is 0 Å². The van der Waals surface area contributed by atoms with E-state index in [1.54, 1.807) is 12.4 Å². The van der Waals surface area contributed by atoms with Crippen molar-refractivity contribution in [3.05, 3.63) is 59.9 Å². The Bertz CT molecular complexity index is 657. The molecule has 0 saturated heterocycles. The number of carbonyl (C=O) groups is 1. The number of nitrogens with zero attached hydrogens (tertiary/aromatic N) is 2. The SMILES string of the molecule is O=C(CCc1ccncc1)NCCCN1CCCc2ccccc21. The summed E-state index contributed by atoms with van der Waals surface area (Å²) in [6.07, 6.45) is 8.22. The van der Waals surface area contributed by atoms with Gasteiger partial charge in [-0.1, -0.05) is 18.2 Å². The van der Waals surface area contributed by atoms with Crippen LogP contribution < -0.4 is 10.2 Å². The van der Waals surface area contributed by atoms with Crippen molar-refractivity contribution < 1.29 is 4.79 Å². The molecule has 4 heteroatoms. The third-order valence-electron chi connectivity index (χ3n) is 4.52. The lowest BCUT2D eigenvalue weighted by Gasteiger charge is -2.31. The molecule has 2 aromatic rings. The van der Waals surface area contributed by atoms with Crippen molar-refractivity contribution in [3.63, 3.8) is 0 Å². The molecule has 0 unspecified atom stereocenters. The number of rotatable bonds is 7. The van der Waals surface area contributed by atoms with Crippen LogP contribution in [-0.4, -0.2) is 30.5 Å². The molecule has 3 rings (SSSR count). The maximum absolute atomic E-state index is 11.9. The van der Waals surface area contributed by atoms with Crippen LogP contribution in [0.25, 0.3) is 0 Å². The fourth-order valence-corrected chi connectivity index (χ4v) is 3.24. The number of amides is 1. The first kappa shape index (κ1) is 16.5. The van der Waals surface area contributed by atoms with Gasteiger partial charge < -0.3 is 10.2 Å². The fourth-order valence-electron chi connectivity index (χ4n) is 3.24. The first-order chi connectivity index (χ1) is 11.8. The first-order valence-corrected chi connectivity index (χ1v) is 8.81. The molecule has 1 N–H and O–H groups in total. The molecule has 1 aromatic heterocycles. The predicted molar refractivity (Wildman–Crippen MR) is 97.2 cm³/mol. The van der Waals surface area contributed by atoms with E-state index in [2.05, 4.69) is 39.5 Å². The number of aryl methyl sites for hydroxylation is 2. The van der Waals surface area contributed by atoms with Crippen LogP contribution in [0.2, 0.25) is 0 Å². The molecule has 1 amide bonds. The number of fused-ring (bicyclic) bond motifs is 1. The standard InChI is InChI=1S/C20H25N3O/c24-20(9-8-17-10-13-21-14-11-17)22-12-4-16-23-15-3-6-18-5-1-2-7-19(18)23/h1-2,5,7,10-11,13-14H,3-4,6,8-9,12,15-16H2,(H,22,24). The second-order valence-electron chi connectivity index (χ2n) is 6.28. The zero-order valence-electron chi connectivity index (χ0n) is 14.1. The van der Waals surface area contributed by atoms with Crippen molar-refractivity contribution in [1.29, 1.82) is 0 Å². The molecule has 1 aliphatic heterocycles. The number of hydrogen-bond donors (Lipinski definition) is 1. The first-order valence-electron chi connectivity index (χ1n) is 8.81. The van der Waals surface area contributed by atoms with Crippen LogP contribution in [0.3, 0.4) is 0 Å². The van der Waals surface area contributed by atoms with Gasteiger partial charge in [-0.05, 0) is 55.0 Å². The van der Waals surface area contributed by atoms with Crippen LogP contribution in [0.15, 0.2) is 48.8 Å². The Labute approximate surface area is 143 Å². The molecule has 0 spiro atoms. The molecule has 0 bridgehead atoms. The second kappa shape index (κ2) is 8.48. The summed E-state index contributed by atoms with van der Waals surface area (Å²) in [6, 6.07) is 12.6. The summed E-state index contributed by atoms with van der Waals surface area (Å²) in [6.45, 7) is 2.86. The van der Waals surface area contributed by atoms with E-state index >= 15 is 0 Å². The minimum atomic E-state index is 0.130. The molecular weight excluding hydrogens is 298 g/mol. The normalized spacial score (nSPS) is 13.4. The van der Waals surface area contributed by atoms with Crippen LogP contribution >= 0.6 is 0 Å². The Morgan fingerprint density at radius 1 is 1.17 bits per heavy atom. The van der Waals surface area contributed by atoms with Gasteiger partial charge in [0.25, 0.3) is 0 Å². The molecule has 24 heavy (non-hydrogen) atoms. The summed E-state index contributed by atoms with van der Waals surface area (Å²) >= 11 is 0. The average Bonchev–Trinajstić information content (AvgIpc) is 2.64. The Morgan fingerprint density at radius 2 is 2.00 bits per heavy atom. The monoisotopic (exact) mass is 323 g/mol. The van der Waals surface area contributed by atoms with Crippen LogP contribution in [0.1, 0.15) is 30.4 Å². The highest BCUT2D eigenvalue weighted by Crippen LogP contribution is 2.26. The lowest BCUT2D eigenvalue weighted by atomic mass is 10.0. The van der Waals surface area contributed by atoms with Gasteiger partial charge in [0, 0.05) is 44.1 Å². The molecule has 2 heterocycles. The third kappa shape index (κ3) is 4.57. The quantitative estimate of drug-likeness (QED) is 0.797. The Balaban J connectivity index is 1.36. The highest BCUT2D eigenvalue weighted by atomic mass is 16.1. The Morgan fingerprint density at radius 3 is 2.88 bits per heavy atom. The third-order valence-corrected chi connectivity index (χ3v) is 4.52. The van der Waals surface area contributed by atoms with Crippen molar-refractivity contribution >= 4 is 11.6 Å². The van der Waals surface area contributed by atoms with Gasteiger partial charge in [-0.2, -0.15) is 0 Å². The van der Waals surface area contributed by atoms with Crippen molar-refractivity contribution in [2.24, 2.45) is 0 Å². The molecule has 0 fully saturated rings. The number of anilines is 1. The van der Waals surface area contributed by atoms with Crippen molar-refractivity contribution in [3.8, 4) is 0 Å². The fraction of sp³-hybridized carbons (Fsp3) is 0.400. The van der Waals surface area contributed by atoms with Gasteiger partial charge in [-0.15, -0.1) is 0 Å². The minimum absolute atomic E-state index is 0.130. The topological polar surface area (TPSA) is 45.2 Å². The highest BCUT2D eigenvalue weighted by Gasteiger charge is 2.15. The van der Waals surface area contributed by atoms with E-state index in [1.165, 1.54) is 24.1 Å². The molecule has 1 aliphatic rings. The van der Waals surface area contributed by atoms with Gasteiger partial charge >= 0.3 is 0 Å². The second-order valence-corrected chi connectivity index (χ2v) is 6.28. The molecule has 0 radical (unpaired) electrons. The highest BCUT2D eigenvalue weighted by molar-refractivity contribution is 5.76. The number of aromatic nitrogens is 1. The van der Waals surface area contributed by atoms with Gasteiger partial charge in [0.2, 0.25) is 5.91 Å². The van der Waals surface area contributed by atoms with Crippen molar-refractivity contribution in [2.75, 3.05) is 24.5 Å². The van der Waals surface area contributed by atoms with Gasteiger partial charge in [-0.25, -0.2) is 0 Å². The van der Waals surface area contributed by atoms with Gasteiger partial charge in [-0.3, -0.25) is 9.78 Å². The molecule has 0 saturated carbocycles. The molecule has 126 valence electrons. The molecule has 0 atom stereocenters. The van der Waals surface area contributed by atoms with Crippen molar-refractivity contribution in [2.45, 2.75) is 32.1 Å². The molecule has 4 nitrogen and oxygen atoms in total. The maximum atomic E-state index is 11.9. The Kier molecular flexibility index (Phi) is 5.83. The lowest BCUT2D eigenvalue weighted by molar-refractivity contribution is -0.121.